The maximum atomic E-state index is 12.9. The molecule has 0 aliphatic carbocycles. The molecule has 0 saturated carbocycles. The number of nitrogens with one attached hydrogen (secondary N) is 1. The minimum atomic E-state index is -0.348. The number of carbonyl (C=O) groups is 1. The standard InChI is InChI=1S/C24H21ClN2O6/c1-29-18-7-5-13(9-16(18)25)24-27-17-12-15(6-8-19(17)33-24)26-23(28)14-10-20(30-2)22(32-4)21(11-14)31-3/h5-12H,1-4H3,(H,26,28). The lowest BCUT2D eigenvalue weighted by Crippen LogP contribution is -2.12. The number of hydrogen-bond acceptors (Lipinski definition) is 7. The van der Waals surface area contributed by atoms with E-state index in [9.17, 15) is 4.79 Å². The molecule has 4 aromatic rings. The van der Waals surface area contributed by atoms with Gasteiger partial charge in [-0.1, -0.05) is 11.6 Å². The lowest BCUT2D eigenvalue weighted by atomic mass is 10.1. The number of nitrogens with zero attached hydrogens (tertiary/aromatic N) is 1. The number of fused-ring (bicyclic) bond motifs is 1. The lowest BCUT2D eigenvalue weighted by Gasteiger charge is -2.14. The Hall–Kier alpha value is -3.91. The molecule has 1 heterocycles. The Kier molecular flexibility index (Phi) is 6.28. The van der Waals surface area contributed by atoms with Crippen molar-refractivity contribution in [3.8, 4) is 34.5 Å². The highest BCUT2D eigenvalue weighted by molar-refractivity contribution is 6.32. The van der Waals surface area contributed by atoms with Gasteiger partial charge >= 0.3 is 0 Å². The Labute approximate surface area is 195 Å². The van der Waals surface area contributed by atoms with Gasteiger partial charge in [-0.2, -0.15) is 0 Å². The fraction of sp³-hybridized carbons (Fsp3) is 0.167. The van der Waals surface area contributed by atoms with Gasteiger partial charge in [-0.3, -0.25) is 4.79 Å². The number of halogens is 1. The van der Waals surface area contributed by atoms with Crippen LogP contribution in [0.2, 0.25) is 5.02 Å². The average molecular weight is 469 g/mol. The van der Waals surface area contributed by atoms with Crippen LogP contribution in [0.3, 0.4) is 0 Å². The van der Waals surface area contributed by atoms with Crippen molar-refractivity contribution in [2.45, 2.75) is 0 Å². The second-order valence-corrected chi connectivity index (χ2v) is 7.33. The van der Waals surface area contributed by atoms with Crippen LogP contribution in [0.15, 0.2) is 52.9 Å². The Morgan fingerprint density at radius 1 is 0.879 bits per heavy atom. The first-order valence-corrected chi connectivity index (χ1v) is 10.2. The minimum absolute atomic E-state index is 0.346. The quantitative estimate of drug-likeness (QED) is 0.386. The van der Waals surface area contributed by atoms with Crippen molar-refractivity contribution in [3.05, 3.63) is 59.1 Å². The van der Waals surface area contributed by atoms with Crippen LogP contribution in [0.4, 0.5) is 5.69 Å². The third-order valence-electron chi connectivity index (χ3n) is 4.97. The summed E-state index contributed by atoms with van der Waals surface area (Å²) in [6, 6.07) is 13.6. The maximum absolute atomic E-state index is 12.9. The van der Waals surface area contributed by atoms with Crippen molar-refractivity contribution in [2.75, 3.05) is 33.8 Å². The molecular weight excluding hydrogens is 448 g/mol. The summed E-state index contributed by atoms with van der Waals surface area (Å²) in [5.41, 5.74) is 2.76. The van der Waals surface area contributed by atoms with E-state index in [4.69, 9.17) is 35.0 Å². The van der Waals surface area contributed by atoms with Crippen LogP contribution in [-0.4, -0.2) is 39.3 Å². The van der Waals surface area contributed by atoms with Gasteiger partial charge in [0, 0.05) is 16.8 Å². The molecule has 0 saturated heterocycles. The molecule has 170 valence electrons. The number of carbonyl (C=O) groups excluding carboxylic acids is 1. The zero-order chi connectivity index (χ0) is 23.5. The van der Waals surface area contributed by atoms with E-state index < -0.39 is 0 Å². The van der Waals surface area contributed by atoms with Gasteiger partial charge in [0.15, 0.2) is 17.1 Å². The number of methoxy groups -OCH3 is 4. The molecule has 1 N–H and O–H groups in total. The van der Waals surface area contributed by atoms with Crippen LogP contribution in [0.5, 0.6) is 23.0 Å². The molecule has 0 radical (unpaired) electrons. The van der Waals surface area contributed by atoms with Crippen LogP contribution in [-0.2, 0) is 0 Å². The largest absolute Gasteiger partial charge is 0.495 e. The highest BCUT2D eigenvalue weighted by Gasteiger charge is 2.18. The van der Waals surface area contributed by atoms with Gasteiger partial charge in [0.25, 0.3) is 5.91 Å². The normalized spacial score (nSPS) is 10.7. The van der Waals surface area contributed by atoms with Gasteiger partial charge in [-0.25, -0.2) is 4.98 Å². The predicted octanol–water partition coefficient (Wildman–Crippen LogP) is 5.43. The van der Waals surface area contributed by atoms with E-state index >= 15 is 0 Å². The third kappa shape index (κ3) is 4.38. The van der Waals surface area contributed by atoms with E-state index in [1.807, 2.05) is 6.07 Å². The van der Waals surface area contributed by atoms with Crippen molar-refractivity contribution < 1.29 is 28.2 Å². The summed E-state index contributed by atoms with van der Waals surface area (Å²) in [7, 11) is 6.03. The number of aromatic nitrogens is 1. The Morgan fingerprint density at radius 3 is 2.18 bits per heavy atom. The molecule has 1 aromatic heterocycles. The number of ether oxygens (including phenoxy) is 4. The topological polar surface area (TPSA) is 92.1 Å². The van der Waals surface area contributed by atoms with Crippen molar-refractivity contribution in [1.82, 2.24) is 4.98 Å². The Bertz CT molecular complexity index is 1310. The minimum Gasteiger partial charge on any atom is -0.495 e. The Morgan fingerprint density at radius 2 is 1.58 bits per heavy atom. The third-order valence-corrected chi connectivity index (χ3v) is 5.27. The SMILES string of the molecule is COc1ccc(-c2nc3cc(NC(=O)c4cc(OC)c(OC)c(OC)c4)ccc3o2)cc1Cl. The van der Waals surface area contributed by atoms with Gasteiger partial charge in [0.2, 0.25) is 11.6 Å². The molecule has 9 heteroatoms. The molecule has 0 fully saturated rings. The summed E-state index contributed by atoms with van der Waals surface area (Å²) < 4.78 is 27.0. The van der Waals surface area contributed by atoms with Gasteiger partial charge in [0.1, 0.15) is 11.3 Å². The first-order chi connectivity index (χ1) is 16.0. The molecule has 1 amide bonds. The molecule has 0 bridgehead atoms. The molecule has 4 rings (SSSR count). The van der Waals surface area contributed by atoms with Crippen LogP contribution in [0, 0.1) is 0 Å². The fourth-order valence-electron chi connectivity index (χ4n) is 3.34. The summed E-state index contributed by atoms with van der Waals surface area (Å²) in [6.07, 6.45) is 0. The van der Waals surface area contributed by atoms with Crippen molar-refractivity contribution >= 4 is 34.3 Å². The van der Waals surface area contributed by atoms with E-state index in [1.54, 1.807) is 49.6 Å². The van der Waals surface area contributed by atoms with Crippen molar-refractivity contribution in [2.24, 2.45) is 0 Å². The van der Waals surface area contributed by atoms with E-state index in [0.29, 0.717) is 61.8 Å². The van der Waals surface area contributed by atoms with E-state index in [2.05, 4.69) is 10.3 Å². The lowest BCUT2D eigenvalue weighted by molar-refractivity contribution is 0.102. The van der Waals surface area contributed by atoms with Crippen LogP contribution in [0.25, 0.3) is 22.6 Å². The second-order valence-electron chi connectivity index (χ2n) is 6.92. The number of benzene rings is 3. The van der Waals surface area contributed by atoms with Crippen molar-refractivity contribution in [1.29, 1.82) is 0 Å². The van der Waals surface area contributed by atoms with Crippen LogP contribution in [0.1, 0.15) is 10.4 Å². The zero-order valence-corrected chi connectivity index (χ0v) is 19.1. The first kappa shape index (κ1) is 22.3. The van der Waals surface area contributed by atoms with E-state index in [0.717, 1.165) is 0 Å². The summed E-state index contributed by atoms with van der Waals surface area (Å²) in [6.45, 7) is 0. The highest BCUT2D eigenvalue weighted by Crippen LogP contribution is 2.38. The first-order valence-electron chi connectivity index (χ1n) is 9.83. The highest BCUT2D eigenvalue weighted by atomic mass is 35.5. The van der Waals surface area contributed by atoms with Crippen molar-refractivity contribution in [3.63, 3.8) is 0 Å². The summed E-state index contributed by atoms with van der Waals surface area (Å²) in [4.78, 5) is 17.4. The molecule has 0 aliphatic heterocycles. The summed E-state index contributed by atoms with van der Waals surface area (Å²) in [5.74, 6) is 1.80. The van der Waals surface area contributed by atoms with E-state index in [-0.39, 0.29) is 5.91 Å². The molecule has 0 aliphatic rings. The number of oxazole rings is 1. The molecule has 0 spiro atoms. The number of hydrogen-bond donors (Lipinski definition) is 1. The summed E-state index contributed by atoms with van der Waals surface area (Å²) in [5, 5.41) is 3.31. The molecule has 33 heavy (non-hydrogen) atoms. The molecule has 8 nitrogen and oxygen atoms in total. The smallest absolute Gasteiger partial charge is 0.255 e. The van der Waals surface area contributed by atoms with Crippen LogP contribution < -0.4 is 24.3 Å². The molecule has 0 unspecified atom stereocenters. The molecule has 3 aromatic carbocycles. The van der Waals surface area contributed by atoms with Gasteiger partial charge < -0.3 is 28.7 Å². The molecule has 0 atom stereocenters. The second kappa shape index (κ2) is 9.30. The average Bonchev–Trinajstić information content (AvgIpc) is 3.26. The summed E-state index contributed by atoms with van der Waals surface area (Å²) >= 11 is 6.21. The van der Waals surface area contributed by atoms with E-state index in [1.165, 1.54) is 21.3 Å². The number of anilines is 1. The van der Waals surface area contributed by atoms with Gasteiger partial charge in [0.05, 0.1) is 33.5 Å². The van der Waals surface area contributed by atoms with Crippen LogP contribution >= 0.6 is 11.6 Å². The zero-order valence-electron chi connectivity index (χ0n) is 18.4. The molecular formula is C24H21ClN2O6. The number of amides is 1. The van der Waals surface area contributed by atoms with Gasteiger partial charge in [-0.15, -0.1) is 0 Å². The fourth-order valence-corrected chi connectivity index (χ4v) is 3.60. The maximum Gasteiger partial charge on any atom is 0.255 e. The monoisotopic (exact) mass is 468 g/mol. The van der Waals surface area contributed by atoms with Gasteiger partial charge in [-0.05, 0) is 48.5 Å². The predicted molar refractivity (Wildman–Crippen MR) is 125 cm³/mol. The number of rotatable bonds is 7. The Balaban J connectivity index is 1.61.